The van der Waals surface area contributed by atoms with Crippen LogP contribution in [0.5, 0.6) is 0 Å². The molecule has 0 aromatic carbocycles. The lowest BCUT2D eigenvalue weighted by molar-refractivity contribution is -0.116. The zero-order valence-electron chi connectivity index (χ0n) is 13.2. The molecule has 0 saturated heterocycles. The molecule has 1 amide bonds. The van der Waals surface area contributed by atoms with E-state index in [4.69, 9.17) is 4.74 Å². The number of amides is 1. The quantitative estimate of drug-likeness (QED) is 0.852. The molecule has 0 saturated carbocycles. The number of hydrogen-bond acceptors (Lipinski definition) is 4. The van der Waals surface area contributed by atoms with Gasteiger partial charge in [0.15, 0.2) is 0 Å². The van der Waals surface area contributed by atoms with Crippen LogP contribution in [0, 0.1) is 13.8 Å². The topological polar surface area (TPSA) is 78.2 Å². The number of esters is 1. The molecule has 2 aromatic rings. The third kappa shape index (κ3) is 3.36. The van der Waals surface area contributed by atoms with Gasteiger partial charge in [-0.1, -0.05) is 0 Å². The van der Waals surface area contributed by atoms with Crippen molar-refractivity contribution in [2.24, 2.45) is 7.05 Å². The molecule has 0 spiro atoms. The summed E-state index contributed by atoms with van der Waals surface area (Å²) in [6, 6.07) is 1.74. The molecule has 0 fully saturated rings. The first-order chi connectivity index (χ1) is 10.4. The van der Waals surface area contributed by atoms with Crippen LogP contribution in [0.4, 0.5) is 5.69 Å². The maximum Gasteiger partial charge on any atom is 0.339 e. The van der Waals surface area contributed by atoms with Crippen molar-refractivity contribution in [3.8, 4) is 0 Å². The van der Waals surface area contributed by atoms with E-state index >= 15 is 0 Å². The first-order valence-corrected chi connectivity index (χ1v) is 7.04. The Hall–Kier alpha value is -2.57. The number of ether oxygens (including phenoxy) is 1. The average molecular weight is 304 g/mol. The highest BCUT2D eigenvalue weighted by molar-refractivity contribution is 5.92. The standard InChI is InChI=1S/C15H20N4O3/c1-5-22-15(21)13-6-10(2)19(11(13)3)9-14(20)17-12-7-16-18(4)8-12/h6-8H,5,9H2,1-4H3,(H,17,20). The molecule has 7 heteroatoms. The van der Waals surface area contributed by atoms with Crippen molar-refractivity contribution in [3.05, 3.63) is 35.4 Å². The van der Waals surface area contributed by atoms with Crippen LogP contribution in [0.3, 0.4) is 0 Å². The lowest BCUT2D eigenvalue weighted by Gasteiger charge is -2.09. The fourth-order valence-electron chi connectivity index (χ4n) is 2.29. The van der Waals surface area contributed by atoms with Crippen LogP contribution in [0.1, 0.15) is 28.7 Å². The van der Waals surface area contributed by atoms with Gasteiger partial charge in [-0.3, -0.25) is 9.48 Å². The Morgan fingerprint density at radius 3 is 2.68 bits per heavy atom. The maximum absolute atomic E-state index is 12.1. The number of carbonyl (C=O) groups is 2. The molecular formula is C15H20N4O3. The highest BCUT2D eigenvalue weighted by Gasteiger charge is 2.18. The summed E-state index contributed by atoms with van der Waals surface area (Å²) in [6.07, 6.45) is 3.30. The van der Waals surface area contributed by atoms with Crippen molar-refractivity contribution in [2.75, 3.05) is 11.9 Å². The largest absolute Gasteiger partial charge is 0.462 e. The van der Waals surface area contributed by atoms with Gasteiger partial charge in [0.2, 0.25) is 5.91 Å². The fourth-order valence-corrected chi connectivity index (χ4v) is 2.29. The van der Waals surface area contributed by atoms with E-state index in [1.54, 1.807) is 48.6 Å². The van der Waals surface area contributed by atoms with Crippen molar-refractivity contribution in [2.45, 2.75) is 27.3 Å². The van der Waals surface area contributed by atoms with Crippen molar-refractivity contribution < 1.29 is 14.3 Å². The SMILES string of the molecule is CCOC(=O)c1cc(C)n(CC(=O)Nc2cnn(C)c2)c1C. The number of nitrogens with one attached hydrogen (secondary N) is 1. The van der Waals surface area contributed by atoms with Gasteiger partial charge < -0.3 is 14.6 Å². The minimum atomic E-state index is -0.366. The molecule has 0 aliphatic carbocycles. The Labute approximate surface area is 128 Å². The first kappa shape index (κ1) is 15.8. The van der Waals surface area contributed by atoms with E-state index in [2.05, 4.69) is 10.4 Å². The number of hydrogen-bond donors (Lipinski definition) is 1. The van der Waals surface area contributed by atoms with Crippen LogP contribution >= 0.6 is 0 Å². The lowest BCUT2D eigenvalue weighted by Crippen LogP contribution is -2.20. The number of aryl methyl sites for hydroxylation is 2. The smallest absolute Gasteiger partial charge is 0.339 e. The van der Waals surface area contributed by atoms with Crippen molar-refractivity contribution >= 4 is 17.6 Å². The molecule has 2 rings (SSSR count). The highest BCUT2D eigenvalue weighted by atomic mass is 16.5. The summed E-state index contributed by atoms with van der Waals surface area (Å²) >= 11 is 0. The average Bonchev–Trinajstić information content (AvgIpc) is 2.97. The van der Waals surface area contributed by atoms with E-state index in [-0.39, 0.29) is 18.4 Å². The second kappa shape index (κ2) is 6.46. The van der Waals surface area contributed by atoms with E-state index < -0.39 is 0 Å². The number of anilines is 1. The Bertz CT molecular complexity index is 700. The van der Waals surface area contributed by atoms with E-state index in [1.165, 1.54) is 0 Å². The summed E-state index contributed by atoms with van der Waals surface area (Å²) in [5, 5.41) is 6.76. The molecular weight excluding hydrogens is 284 g/mol. The zero-order valence-corrected chi connectivity index (χ0v) is 13.2. The summed E-state index contributed by atoms with van der Waals surface area (Å²) < 4.78 is 8.42. The van der Waals surface area contributed by atoms with Crippen LogP contribution in [0.25, 0.3) is 0 Å². The van der Waals surface area contributed by atoms with Crippen LogP contribution in [-0.2, 0) is 23.1 Å². The third-order valence-electron chi connectivity index (χ3n) is 3.36. The van der Waals surface area contributed by atoms with E-state index in [1.807, 2.05) is 6.92 Å². The number of nitrogens with zero attached hydrogens (tertiary/aromatic N) is 3. The van der Waals surface area contributed by atoms with Crippen LogP contribution < -0.4 is 5.32 Å². The zero-order chi connectivity index (χ0) is 16.3. The lowest BCUT2D eigenvalue weighted by atomic mass is 10.2. The summed E-state index contributed by atoms with van der Waals surface area (Å²) in [6.45, 7) is 5.87. The van der Waals surface area contributed by atoms with E-state index in [0.29, 0.717) is 17.9 Å². The van der Waals surface area contributed by atoms with Gasteiger partial charge in [0.1, 0.15) is 6.54 Å². The second-order valence-corrected chi connectivity index (χ2v) is 5.04. The molecule has 0 aliphatic heterocycles. The number of rotatable bonds is 5. The number of aromatic nitrogens is 3. The van der Waals surface area contributed by atoms with Crippen LogP contribution in [0.2, 0.25) is 0 Å². The third-order valence-corrected chi connectivity index (χ3v) is 3.36. The Kier molecular flexibility index (Phi) is 4.65. The van der Waals surface area contributed by atoms with E-state index in [9.17, 15) is 9.59 Å². The van der Waals surface area contributed by atoms with Gasteiger partial charge in [-0.05, 0) is 26.8 Å². The normalized spacial score (nSPS) is 10.5. The van der Waals surface area contributed by atoms with Gasteiger partial charge >= 0.3 is 5.97 Å². The monoisotopic (exact) mass is 304 g/mol. The number of carbonyl (C=O) groups excluding carboxylic acids is 2. The van der Waals surface area contributed by atoms with Crippen molar-refractivity contribution in [1.29, 1.82) is 0 Å². The molecule has 0 aliphatic rings. The molecule has 0 atom stereocenters. The van der Waals surface area contributed by atoms with Gasteiger partial charge in [-0.25, -0.2) is 4.79 Å². The second-order valence-electron chi connectivity index (χ2n) is 5.04. The Morgan fingerprint density at radius 2 is 2.09 bits per heavy atom. The van der Waals surface area contributed by atoms with Gasteiger partial charge in [0.05, 0.1) is 24.1 Å². The predicted octanol–water partition coefficient (Wildman–Crippen LogP) is 1.65. The molecule has 0 bridgehead atoms. The van der Waals surface area contributed by atoms with Crippen LogP contribution in [-0.4, -0.2) is 32.8 Å². The Morgan fingerprint density at radius 1 is 1.36 bits per heavy atom. The van der Waals surface area contributed by atoms with Crippen molar-refractivity contribution in [1.82, 2.24) is 14.3 Å². The minimum absolute atomic E-state index is 0.131. The molecule has 1 N–H and O–H groups in total. The molecule has 0 radical (unpaired) electrons. The fraction of sp³-hybridized carbons (Fsp3) is 0.400. The van der Waals surface area contributed by atoms with Gasteiger partial charge in [0, 0.05) is 24.6 Å². The van der Waals surface area contributed by atoms with Crippen LogP contribution in [0.15, 0.2) is 18.5 Å². The molecule has 0 unspecified atom stereocenters. The summed E-state index contributed by atoms with van der Waals surface area (Å²) in [5.74, 6) is -0.542. The molecule has 2 aromatic heterocycles. The molecule has 2 heterocycles. The van der Waals surface area contributed by atoms with Crippen molar-refractivity contribution in [3.63, 3.8) is 0 Å². The summed E-state index contributed by atoms with van der Waals surface area (Å²) in [5.41, 5.74) is 2.69. The maximum atomic E-state index is 12.1. The summed E-state index contributed by atoms with van der Waals surface area (Å²) in [4.78, 5) is 24.0. The molecule has 7 nitrogen and oxygen atoms in total. The van der Waals surface area contributed by atoms with Gasteiger partial charge in [-0.15, -0.1) is 0 Å². The summed E-state index contributed by atoms with van der Waals surface area (Å²) in [7, 11) is 1.78. The predicted molar refractivity (Wildman–Crippen MR) is 81.7 cm³/mol. The first-order valence-electron chi connectivity index (χ1n) is 7.04. The van der Waals surface area contributed by atoms with E-state index in [0.717, 1.165) is 11.4 Å². The minimum Gasteiger partial charge on any atom is -0.462 e. The highest BCUT2D eigenvalue weighted by Crippen LogP contribution is 2.16. The Balaban J connectivity index is 2.12. The van der Waals surface area contributed by atoms with Gasteiger partial charge in [-0.2, -0.15) is 5.10 Å². The molecule has 22 heavy (non-hydrogen) atoms. The molecule has 118 valence electrons. The van der Waals surface area contributed by atoms with Gasteiger partial charge in [0.25, 0.3) is 0 Å².